The minimum Gasteiger partial charge on any atom is -0.383 e. The van der Waals surface area contributed by atoms with Gasteiger partial charge in [-0.1, -0.05) is 31.5 Å². The second-order valence-corrected chi connectivity index (χ2v) is 5.14. The highest BCUT2D eigenvalue weighted by Crippen LogP contribution is 2.24. The van der Waals surface area contributed by atoms with Crippen LogP contribution in [0.25, 0.3) is 0 Å². The number of methoxy groups -OCH3 is 1. The highest BCUT2D eigenvalue weighted by atomic mass is 35.5. The number of ether oxygens (including phenoxy) is 1. The van der Waals surface area contributed by atoms with Gasteiger partial charge in [-0.25, -0.2) is 0 Å². The maximum Gasteiger partial charge on any atom is 0.287 e. The number of benzene rings is 1. The molecule has 0 aliphatic rings. The van der Waals surface area contributed by atoms with Gasteiger partial charge in [0.2, 0.25) is 0 Å². The van der Waals surface area contributed by atoms with Crippen molar-refractivity contribution in [3.8, 4) is 0 Å². The Hall–Kier alpha value is -1.17. The summed E-state index contributed by atoms with van der Waals surface area (Å²) in [4.78, 5) is 10.2. The van der Waals surface area contributed by atoms with Crippen LogP contribution in [0.2, 0.25) is 5.02 Å². The van der Waals surface area contributed by atoms with Gasteiger partial charge >= 0.3 is 0 Å². The van der Waals surface area contributed by atoms with Gasteiger partial charge in [0, 0.05) is 25.8 Å². The van der Waals surface area contributed by atoms with Gasteiger partial charge in [-0.3, -0.25) is 10.1 Å². The molecule has 0 aliphatic carbocycles. The van der Waals surface area contributed by atoms with Crippen LogP contribution in [0.5, 0.6) is 0 Å². The fourth-order valence-corrected chi connectivity index (χ4v) is 2.00. The zero-order valence-electron chi connectivity index (χ0n) is 11.4. The molecule has 1 aromatic rings. The smallest absolute Gasteiger partial charge is 0.287 e. The van der Waals surface area contributed by atoms with Crippen molar-refractivity contribution >= 4 is 17.3 Å². The number of hydrogen-bond donors (Lipinski definition) is 1. The Balaban J connectivity index is 2.67. The Morgan fingerprint density at radius 1 is 1.47 bits per heavy atom. The minimum atomic E-state index is -0.485. The van der Waals surface area contributed by atoms with Gasteiger partial charge in [-0.2, -0.15) is 0 Å². The van der Waals surface area contributed by atoms with Crippen LogP contribution >= 0.6 is 11.6 Å². The topological polar surface area (TPSA) is 64.4 Å². The Labute approximate surface area is 118 Å². The summed E-state index contributed by atoms with van der Waals surface area (Å²) in [5.41, 5.74) is 0.847. The van der Waals surface area contributed by atoms with E-state index in [-0.39, 0.29) is 16.8 Å². The molecule has 0 aromatic heterocycles. The largest absolute Gasteiger partial charge is 0.383 e. The van der Waals surface area contributed by atoms with Gasteiger partial charge in [0.1, 0.15) is 5.02 Å². The molecule has 106 valence electrons. The number of rotatable bonds is 7. The van der Waals surface area contributed by atoms with Crippen molar-refractivity contribution in [3.05, 3.63) is 38.9 Å². The Morgan fingerprint density at radius 3 is 2.63 bits per heavy atom. The average Bonchev–Trinajstić information content (AvgIpc) is 2.33. The maximum atomic E-state index is 10.7. The molecule has 1 N–H and O–H groups in total. The van der Waals surface area contributed by atoms with E-state index < -0.39 is 4.92 Å². The van der Waals surface area contributed by atoms with E-state index in [1.807, 2.05) is 0 Å². The van der Waals surface area contributed by atoms with Crippen molar-refractivity contribution in [2.45, 2.75) is 26.4 Å². The van der Waals surface area contributed by atoms with E-state index in [9.17, 15) is 10.1 Å². The van der Waals surface area contributed by atoms with Crippen LogP contribution in [0.4, 0.5) is 5.69 Å². The third-order valence-electron chi connectivity index (χ3n) is 2.93. The van der Waals surface area contributed by atoms with E-state index >= 15 is 0 Å². The molecular weight excluding hydrogens is 268 g/mol. The van der Waals surface area contributed by atoms with Gasteiger partial charge in [0.05, 0.1) is 11.5 Å². The first-order valence-corrected chi connectivity index (χ1v) is 6.48. The summed E-state index contributed by atoms with van der Waals surface area (Å²) in [5.74, 6) is 0.438. The quantitative estimate of drug-likeness (QED) is 0.618. The van der Waals surface area contributed by atoms with E-state index in [4.69, 9.17) is 16.3 Å². The van der Waals surface area contributed by atoms with Crippen LogP contribution < -0.4 is 5.32 Å². The standard InChI is InChI=1S/C13H19ClN2O3/c1-9(2)12(8-19-3)15-7-10-4-5-13(16(17)18)11(14)6-10/h4-6,9,12,15H,7-8H2,1-3H3. The molecule has 0 spiro atoms. The van der Waals surface area contributed by atoms with Crippen molar-refractivity contribution < 1.29 is 9.66 Å². The molecule has 0 heterocycles. The molecule has 1 unspecified atom stereocenters. The summed E-state index contributed by atoms with van der Waals surface area (Å²) in [6.07, 6.45) is 0. The van der Waals surface area contributed by atoms with E-state index in [0.717, 1.165) is 5.56 Å². The predicted octanol–water partition coefficient (Wildman–Crippen LogP) is 3.01. The van der Waals surface area contributed by atoms with Crippen LogP contribution in [0.15, 0.2) is 18.2 Å². The van der Waals surface area contributed by atoms with Crippen LogP contribution in [0.1, 0.15) is 19.4 Å². The number of hydrogen-bond acceptors (Lipinski definition) is 4. The molecule has 6 heteroatoms. The first-order valence-electron chi connectivity index (χ1n) is 6.10. The van der Waals surface area contributed by atoms with Crippen molar-refractivity contribution in [2.24, 2.45) is 5.92 Å². The maximum absolute atomic E-state index is 10.7. The number of nitro groups is 1. The van der Waals surface area contributed by atoms with Gasteiger partial charge in [-0.15, -0.1) is 0 Å². The normalized spacial score (nSPS) is 12.7. The number of nitro benzene ring substituents is 1. The highest BCUT2D eigenvalue weighted by molar-refractivity contribution is 6.32. The second kappa shape index (κ2) is 7.43. The molecule has 19 heavy (non-hydrogen) atoms. The molecule has 0 bridgehead atoms. The lowest BCUT2D eigenvalue weighted by Gasteiger charge is -2.21. The van der Waals surface area contributed by atoms with Gasteiger partial charge < -0.3 is 10.1 Å². The van der Waals surface area contributed by atoms with E-state index in [1.54, 1.807) is 19.2 Å². The molecule has 5 nitrogen and oxygen atoms in total. The van der Waals surface area contributed by atoms with E-state index in [2.05, 4.69) is 19.2 Å². The molecule has 0 amide bonds. The molecule has 0 aliphatic heterocycles. The first-order chi connectivity index (χ1) is 8.95. The molecule has 0 saturated carbocycles. The van der Waals surface area contributed by atoms with Crippen molar-refractivity contribution in [1.29, 1.82) is 0 Å². The Bertz CT molecular complexity index is 438. The predicted molar refractivity (Wildman–Crippen MR) is 75.4 cm³/mol. The lowest BCUT2D eigenvalue weighted by Crippen LogP contribution is -2.37. The zero-order chi connectivity index (χ0) is 14.4. The van der Waals surface area contributed by atoms with E-state index in [0.29, 0.717) is 19.1 Å². The minimum absolute atomic E-state index is 0.0669. The van der Waals surface area contributed by atoms with Crippen molar-refractivity contribution in [1.82, 2.24) is 5.32 Å². The summed E-state index contributed by atoms with van der Waals surface area (Å²) in [6.45, 7) is 5.45. The van der Waals surface area contributed by atoms with Crippen LogP contribution in [0, 0.1) is 16.0 Å². The molecule has 0 radical (unpaired) electrons. The number of nitrogens with one attached hydrogen (secondary N) is 1. The third-order valence-corrected chi connectivity index (χ3v) is 3.23. The number of nitrogens with zero attached hydrogens (tertiary/aromatic N) is 1. The molecule has 1 atom stereocenters. The Kier molecular flexibility index (Phi) is 6.21. The fraction of sp³-hybridized carbons (Fsp3) is 0.538. The molecule has 0 saturated heterocycles. The highest BCUT2D eigenvalue weighted by Gasteiger charge is 2.14. The lowest BCUT2D eigenvalue weighted by molar-refractivity contribution is -0.384. The fourth-order valence-electron chi connectivity index (χ4n) is 1.72. The lowest BCUT2D eigenvalue weighted by atomic mass is 10.0. The van der Waals surface area contributed by atoms with Crippen molar-refractivity contribution in [2.75, 3.05) is 13.7 Å². The summed E-state index contributed by atoms with van der Waals surface area (Å²) in [5, 5.41) is 14.2. The molecular formula is C13H19ClN2O3. The summed E-state index contributed by atoms with van der Waals surface area (Å²) in [7, 11) is 1.67. The third kappa shape index (κ3) is 4.78. The monoisotopic (exact) mass is 286 g/mol. The zero-order valence-corrected chi connectivity index (χ0v) is 12.1. The average molecular weight is 287 g/mol. The second-order valence-electron chi connectivity index (χ2n) is 4.73. The number of halogens is 1. The SMILES string of the molecule is COCC(NCc1ccc([N+](=O)[O-])c(Cl)c1)C(C)C. The van der Waals surface area contributed by atoms with Gasteiger partial charge in [-0.05, 0) is 17.5 Å². The van der Waals surface area contributed by atoms with Gasteiger partial charge in [0.15, 0.2) is 0 Å². The molecule has 0 fully saturated rings. The summed E-state index contributed by atoms with van der Waals surface area (Å²) >= 11 is 5.87. The van der Waals surface area contributed by atoms with Gasteiger partial charge in [0.25, 0.3) is 5.69 Å². The van der Waals surface area contributed by atoms with Crippen molar-refractivity contribution in [3.63, 3.8) is 0 Å². The summed E-state index contributed by atoms with van der Waals surface area (Å²) in [6, 6.07) is 5.00. The molecule has 1 aromatic carbocycles. The Morgan fingerprint density at radius 2 is 2.16 bits per heavy atom. The summed E-state index contributed by atoms with van der Waals surface area (Å²) < 4.78 is 5.15. The van der Waals surface area contributed by atoms with Crippen LogP contribution in [0.3, 0.4) is 0 Å². The van der Waals surface area contributed by atoms with E-state index in [1.165, 1.54) is 6.07 Å². The van der Waals surface area contributed by atoms with Crippen LogP contribution in [-0.2, 0) is 11.3 Å². The van der Waals surface area contributed by atoms with Crippen LogP contribution in [-0.4, -0.2) is 24.7 Å². The molecule has 1 rings (SSSR count). The first kappa shape index (κ1) is 15.9.